The lowest BCUT2D eigenvalue weighted by Crippen LogP contribution is -2.13. The van der Waals surface area contributed by atoms with Gasteiger partial charge >= 0.3 is 5.97 Å². The summed E-state index contributed by atoms with van der Waals surface area (Å²) in [7, 11) is -2.34. The molecule has 0 bridgehead atoms. The largest absolute Gasteiger partial charge is 0.482 e. The van der Waals surface area contributed by atoms with Crippen LogP contribution in [0.3, 0.4) is 0 Å². The van der Waals surface area contributed by atoms with Gasteiger partial charge in [-0.2, -0.15) is 0 Å². The molecule has 0 atom stereocenters. The molecule has 2 aromatic rings. The fourth-order valence-corrected chi connectivity index (χ4v) is 3.51. The van der Waals surface area contributed by atoms with Crippen LogP contribution in [0.2, 0.25) is 0 Å². The predicted octanol–water partition coefficient (Wildman–Crippen LogP) is 2.10. The zero-order valence-corrected chi connectivity index (χ0v) is 12.7. The number of hydrogen-bond acceptors (Lipinski definition) is 6. The SMILES string of the molecule is COC(=O)COc1cccc(NS(=O)(=O)c2cccs2)c1. The maximum Gasteiger partial charge on any atom is 0.343 e. The van der Waals surface area contributed by atoms with Crippen molar-refractivity contribution in [3.8, 4) is 5.75 Å². The van der Waals surface area contributed by atoms with Crippen molar-refractivity contribution < 1.29 is 22.7 Å². The first-order valence-electron chi connectivity index (χ1n) is 5.87. The quantitative estimate of drug-likeness (QED) is 0.822. The van der Waals surface area contributed by atoms with Crippen LogP contribution in [0, 0.1) is 0 Å². The molecule has 0 saturated heterocycles. The van der Waals surface area contributed by atoms with Crippen LogP contribution in [0.15, 0.2) is 46.0 Å². The highest BCUT2D eigenvalue weighted by Gasteiger charge is 2.15. The van der Waals surface area contributed by atoms with Crippen molar-refractivity contribution in [2.24, 2.45) is 0 Å². The molecule has 6 nitrogen and oxygen atoms in total. The summed E-state index contributed by atoms with van der Waals surface area (Å²) in [5.41, 5.74) is 0.353. The van der Waals surface area contributed by atoms with E-state index in [-0.39, 0.29) is 10.8 Å². The molecule has 0 aliphatic rings. The molecule has 1 aromatic heterocycles. The molecule has 1 heterocycles. The van der Waals surface area contributed by atoms with Crippen LogP contribution in [0.4, 0.5) is 5.69 Å². The summed E-state index contributed by atoms with van der Waals surface area (Å²) in [5.74, 6) is -0.147. The van der Waals surface area contributed by atoms with Gasteiger partial charge in [-0.05, 0) is 23.6 Å². The highest BCUT2D eigenvalue weighted by molar-refractivity contribution is 7.94. The smallest absolute Gasteiger partial charge is 0.343 e. The van der Waals surface area contributed by atoms with Crippen molar-refractivity contribution in [1.82, 2.24) is 0 Å². The van der Waals surface area contributed by atoms with E-state index in [0.717, 1.165) is 11.3 Å². The van der Waals surface area contributed by atoms with Crippen molar-refractivity contribution in [3.05, 3.63) is 41.8 Å². The first-order valence-corrected chi connectivity index (χ1v) is 8.23. The minimum atomic E-state index is -3.60. The van der Waals surface area contributed by atoms with E-state index in [0.29, 0.717) is 11.4 Å². The van der Waals surface area contributed by atoms with Gasteiger partial charge < -0.3 is 9.47 Å². The molecule has 0 spiro atoms. The number of nitrogens with one attached hydrogen (secondary N) is 1. The molecular formula is C13H13NO5S2. The number of carbonyl (C=O) groups excluding carboxylic acids is 1. The second kappa shape index (κ2) is 6.59. The number of anilines is 1. The number of ether oxygens (including phenoxy) is 2. The molecule has 0 radical (unpaired) electrons. The van der Waals surface area contributed by atoms with E-state index < -0.39 is 16.0 Å². The lowest BCUT2D eigenvalue weighted by atomic mass is 10.3. The van der Waals surface area contributed by atoms with Crippen LogP contribution in [0.5, 0.6) is 5.75 Å². The molecule has 0 fully saturated rings. The van der Waals surface area contributed by atoms with Gasteiger partial charge in [0.05, 0.1) is 12.8 Å². The molecule has 0 saturated carbocycles. The number of carbonyl (C=O) groups is 1. The highest BCUT2D eigenvalue weighted by atomic mass is 32.2. The molecule has 0 amide bonds. The summed E-state index contributed by atoms with van der Waals surface area (Å²) < 4.78 is 36.5. The molecule has 0 aliphatic heterocycles. The summed E-state index contributed by atoms with van der Waals surface area (Å²) in [6.07, 6.45) is 0. The summed E-state index contributed by atoms with van der Waals surface area (Å²) in [5, 5.41) is 1.68. The third kappa shape index (κ3) is 4.20. The van der Waals surface area contributed by atoms with E-state index in [2.05, 4.69) is 9.46 Å². The molecule has 0 aliphatic carbocycles. The summed E-state index contributed by atoms with van der Waals surface area (Å²) >= 11 is 1.13. The second-order valence-corrected chi connectivity index (χ2v) is 6.79. The number of rotatable bonds is 6. The average molecular weight is 327 g/mol. The van der Waals surface area contributed by atoms with Crippen molar-refractivity contribution in [2.75, 3.05) is 18.4 Å². The van der Waals surface area contributed by atoms with Crippen molar-refractivity contribution >= 4 is 33.0 Å². The van der Waals surface area contributed by atoms with E-state index >= 15 is 0 Å². The van der Waals surface area contributed by atoms with Gasteiger partial charge in [0.25, 0.3) is 10.0 Å². The Bertz CT molecular complexity index is 710. The maximum atomic E-state index is 12.1. The van der Waals surface area contributed by atoms with Crippen LogP contribution >= 0.6 is 11.3 Å². The van der Waals surface area contributed by atoms with Crippen LogP contribution in [0.1, 0.15) is 0 Å². The number of esters is 1. The van der Waals surface area contributed by atoms with Gasteiger partial charge in [0, 0.05) is 6.07 Å². The third-order valence-corrected chi connectivity index (χ3v) is 5.21. The number of thiophene rings is 1. The van der Waals surface area contributed by atoms with E-state index in [9.17, 15) is 13.2 Å². The Kier molecular flexibility index (Phi) is 4.81. The first kappa shape index (κ1) is 15.3. The van der Waals surface area contributed by atoms with Crippen LogP contribution in [0.25, 0.3) is 0 Å². The number of benzene rings is 1. The Morgan fingerprint density at radius 1 is 1.29 bits per heavy atom. The van der Waals surface area contributed by atoms with E-state index in [4.69, 9.17) is 4.74 Å². The zero-order chi connectivity index (χ0) is 15.3. The van der Waals surface area contributed by atoms with Gasteiger partial charge in [0.2, 0.25) is 0 Å². The fourth-order valence-electron chi connectivity index (χ4n) is 1.47. The Morgan fingerprint density at radius 3 is 2.76 bits per heavy atom. The molecule has 8 heteroatoms. The lowest BCUT2D eigenvalue weighted by Gasteiger charge is -2.09. The van der Waals surface area contributed by atoms with Crippen molar-refractivity contribution in [3.63, 3.8) is 0 Å². The fraction of sp³-hybridized carbons (Fsp3) is 0.154. The Hall–Kier alpha value is -2.06. The molecule has 0 unspecified atom stereocenters. The minimum Gasteiger partial charge on any atom is -0.482 e. The second-order valence-electron chi connectivity index (χ2n) is 3.93. The maximum absolute atomic E-state index is 12.1. The molecule has 112 valence electrons. The van der Waals surface area contributed by atoms with Gasteiger partial charge in [-0.3, -0.25) is 4.72 Å². The van der Waals surface area contributed by atoms with Crippen molar-refractivity contribution in [1.29, 1.82) is 0 Å². The van der Waals surface area contributed by atoms with Crippen molar-refractivity contribution in [2.45, 2.75) is 4.21 Å². The highest BCUT2D eigenvalue weighted by Crippen LogP contribution is 2.23. The average Bonchev–Trinajstić information content (AvgIpc) is 2.99. The summed E-state index contributed by atoms with van der Waals surface area (Å²) in [4.78, 5) is 11.0. The molecule has 2 rings (SSSR count). The van der Waals surface area contributed by atoms with E-state index in [1.54, 1.807) is 29.6 Å². The van der Waals surface area contributed by atoms with Gasteiger partial charge in [-0.25, -0.2) is 13.2 Å². The molecular weight excluding hydrogens is 314 g/mol. The molecule has 1 N–H and O–H groups in total. The molecule has 1 aromatic carbocycles. The normalized spacial score (nSPS) is 10.9. The minimum absolute atomic E-state index is 0.225. The standard InChI is InChI=1S/C13H13NO5S2/c1-18-12(15)9-19-11-5-2-4-10(8-11)14-21(16,17)13-6-3-7-20-13/h2-8,14H,9H2,1H3. The first-order chi connectivity index (χ1) is 10.0. The molecule has 21 heavy (non-hydrogen) atoms. The number of sulfonamides is 1. The summed E-state index contributed by atoms with van der Waals surface area (Å²) in [6.45, 7) is -0.238. The monoisotopic (exact) mass is 327 g/mol. The van der Waals surface area contributed by atoms with E-state index in [1.807, 2.05) is 0 Å². The van der Waals surface area contributed by atoms with Gasteiger partial charge in [-0.1, -0.05) is 12.1 Å². The van der Waals surface area contributed by atoms with Gasteiger partial charge in [0.15, 0.2) is 6.61 Å². The Balaban J connectivity index is 2.09. The van der Waals surface area contributed by atoms with Crippen LogP contribution < -0.4 is 9.46 Å². The summed E-state index contributed by atoms with van der Waals surface area (Å²) in [6, 6.07) is 9.51. The zero-order valence-electron chi connectivity index (χ0n) is 11.1. The van der Waals surface area contributed by atoms with E-state index in [1.165, 1.54) is 19.2 Å². The Labute approximate surface area is 126 Å². The van der Waals surface area contributed by atoms with Crippen LogP contribution in [-0.2, 0) is 19.6 Å². The Morgan fingerprint density at radius 2 is 2.10 bits per heavy atom. The van der Waals surface area contributed by atoms with Gasteiger partial charge in [0.1, 0.15) is 9.96 Å². The van der Waals surface area contributed by atoms with Crippen LogP contribution in [-0.4, -0.2) is 28.1 Å². The third-order valence-electron chi connectivity index (χ3n) is 2.43. The lowest BCUT2D eigenvalue weighted by molar-refractivity contribution is -0.142. The number of hydrogen-bond donors (Lipinski definition) is 1. The predicted molar refractivity (Wildman–Crippen MR) is 79.1 cm³/mol. The topological polar surface area (TPSA) is 81.7 Å². The van der Waals surface area contributed by atoms with Gasteiger partial charge in [-0.15, -0.1) is 11.3 Å². The number of methoxy groups -OCH3 is 1.